The maximum Gasteiger partial charge on any atom is 0.530 e. The summed E-state index contributed by atoms with van der Waals surface area (Å²) in [7, 11) is -4.62. The highest BCUT2D eigenvalue weighted by molar-refractivity contribution is 7.49. The Morgan fingerprint density at radius 3 is 2.59 bits per heavy atom. The summed E-state index contributed by atoms with van der Waals surface area (Å²) >= 11 is 12.0. The largest absolute Gasteiger partial charge is 0.530 e. The second-order valence-corrected chi connectivity index (χ2v) is 10.8. The molecule has 0 radical (unpaired) electrons. The number of benzene rings is 1. The summed E-state index contributed by atoms with van der Waals surface area (Å²) in [5.41, 5.74) is -2.42. The molecule has 212 valence electrons. The molecule has 2 heterocycles. The number of phosphoric acid groups is 1. The van der Waals surface area contributed by atoms with Gasteiger partial charge in [0.2, 0.25) is 5.82 Å². The van der Waals surface area contributed by atoms with Crippen LogP contribution in [0.1, 0.15) is 27.0 Å². The Morgan fingerprint density at radius 2 is 1.97 bits per heavy atom. The molecule has 2 aromatic rings. The van der Waals surface area contributed by atoms with E-state index >= 15 is 0 Å². The molecule has 0 aliphatic carbocycles. The smallest absolute Gasteiger partial charge is 0.461 e. The van der Waals surface area contributed by atoms with Gasteiger partial charge in [0.05, 0.1) is 18.9 Å². The number of H-pyrrole nitrogens is 1. The number of carbonyl (C=O) groups is 1. The second-order valence-electron chi connectivity index (χ2n) is 8.48. The molecule has 1 aliphatic rings. The Bertz CT molecular complexity index is 1410. The predicted octanol–water partition coefficient (Wildman–Crippen LogP) is 2.67. The number of nitrogens with one attached hydrogen (secondary N) is 1. The van der Waals surface area contributed by atoms with Crippen LogP contribution >= 0.6 is 31.0 Å². The number of hydrogen-bond acceptors (Lipinski definition) is 10. The van der Waals surface area contributed by atoms with Crippen LogP contribution in [0.3, 0.4) is 0 Å². The molecule has 0 saturated carbocycles. The van der Waals surface area contributed by atoms with Crippen molar-refractivity contribution in [1.82, 2.24) is 9.55 Å². The van der Waals surface area contributed by atoms with Crippen LogP contribution in [0, 0.1) is 17.1 Å². The number of alkyl halides is 1. The number of phosphoric ester groups is 1. The third-order valence-corrected chi connectivity index (χ3v) is 7.26. The molecule has 6 atom stereocenters. The molecule has 1 saturated heterocycles. The quantitative estimate of drug-likeness (QED) is 0.178. The summed E-state index contributed by atoms with van der Waals surface area (Å²) in [4.78, 5) is 35.6. The van der Waals surface area contributed by atoms with Gasteiger partial charge in [0.1, 0.15) is 18.0 Å². The highest BCUT2D eigenvalue weighted by Gasteiger charge is 2.57. The number of para-hydroxylation sites is 1. The summed E-state index contributed by atoms with van der Waals surface area (Å²) < 4.78 is 55.0. The van der Waals surface area contributed by atoms with Crippen LogP contribution in [0.25, 0.3) is 0 Å². The number of esters is 1. The molecule has 1 aliphatic heterocycles. The number of aliphatic hydroxyl groups excluding tert-OH is 1. The van der Waals surface area contributed by atoms with Crippen molar-refractivity contribution in [3.05, 3.63) is 63.2 Å². The minimum atomic E-state index is -4.62. The van der Waals surface area contributed by atoms with Gasteiger partial charge in [-0.2, -0.15) is 4.39 Å². The molecule has 1 aromatic heterocycles. The van der Waals surface area contributed by atoms with Gasteiger partial charge < -0.3 is 19.1 Å². The van der Waals surface area contributed by atoms with Crippen LogP contribution in [0.5, 0.6) is 5.75 Å². The highest BCUT2D eigenvalue weighted by Crippen LogP contribution is 2.52. The van der Waals surface area contributed by atoms with E-state index in [4.69, 9.17) is 46.2 Å². The Morgan fingerprint density at radius 1 is 1.31 bits per heavy atom. The topological polar surface area (TPSA) is 155 Å². The zero-order chi connectivity index (χ0) is 29.0. The monoisotopic (exact) mass is 608 g/mol. The fourth-order valence-corrected chi connectivity index (χ4v) is 5.30. The lowest BCUT2D eigenvalue weighted by Gasteiger charge is -2.25. The second kappa shape index (κ2) is 12.7. The van der Waals surface area contributed by atoms with Gasteiger partial charge >= 0.3 is 19.5 Å². The van der Waals surface area contributed by atoms with E-state index in [9.17, 15) is 28.4 Å². The lowest BCUT2D eigenvalue weighted by molar-refractivity contribution is -0.156. The van der Waals surface area contributed by atoms with Crippen LogP contribution in [0.2, 0.25) is 0 Å². The van der Waals surface area contributed by atoms with E-state index in [2.05, 4.69) is 5.92 Å². The highest BCUT2D eigenvalue weighted by atomic mass is 35.5. The summed E-state index contributed by atoms with van der Waals surface area (Å²) in [5.74, 6) is 0.164. The van der Waals surface area contributed by atoms with Crippen molar-refractivity contribution in [1.29, 1.82) is 0 Å². The molecule has 2 N–H and O–H groups in total. The summed E-state index contributed by atoms with van der Waals surface area (Å²) in [6.45, 7) is 3.74. The zero-order valence-corrected chi connectivity index (χ0v) is 23.1. The zero-order valence-electron chi connectivity index (χ0n) is 20.7. The van der Waals surface area contributed by atoms with Crippen LogP contribution < -0.4 is 15.8 Å². The van der Waals surface area contributed by atoms with Crippen LogP contribution in [0.15, 0.2) is 46.1 Å². The average molecular weight is 609 g/mol. The van der Waals surface area contributed by atoms with Crippen molar-refractivity contribution in [2.75, 3.05) is 6.61 Å². The van der Waals surface area contributed by atoms with Crippen LogP contribution in [-0.4, -0.2) is 56.5 Å². The molecule has 0 bridgehead atoms. The first kappa shape index (κ1) is 30.8. The molecule has 3 unspecified atom stereocenters. The fourth-order valence-electron chi connectivity index (χ4n) is 3.42. The Kier molecular flexibility index (Phi) is 10.0. The van der Waals surface area contributed by atoms with E-state index < -0.39 is 73.0 Å². The van der Waals surface area contributed by atoms with Crippen molar-refractivity contribution in [3.8, 4) is 17.0 Å². The van der Waals surface area contributed by atoms with E-state index in [1.54, 1.807) is 37.0 Å². The number of rotatable bonds is 10. The van der Waals surface area contributed by atoms with E-state index in [1.165, 1.54) is 19.1 Å². The summed E-state index contributed by atoms with van der Waals surface area (Å²) in [5, 5.41) is 12.9. The molecular weight excluding hydrogens is 585 g/mol. The normalized spacial score (nSPS) is 24.9. The van der Waals surface area contributed by atoms with E-state index in [0.29, 0.717) is 10.8 Å². The number of aromatic amines is 1. The first-order valence-electron chi connectivity index (χ1n) is 11.3. The number of aromatic nitrogens is 2. The third-order valence-electron chi connectivity index (χ3n) is 5.19. The van der Waals surface area contributed by atoms with Crippen LogP contribution in [0.4, 0.5) is 4.39 Å². The van der Waals surface area contributed by atoms with Crippen molar-refractivity contribution in [2.24, 2.45) is 0 Å². The molecule has 16 heteroatoms. The Balaban J connectivity index is 1.89. The summed E-state index contributed by atoms with van der Waals surface area (Å²) in [6, 6.07) is 7.73. The fraction of sp³-hybridized carbons (Fsp3) is 0.435. The van der Waals surface area contributed by atoms with Crippen molar-refractivity contribution < 1.29 is 41.9 Å². The minimum absolute atomic E-state index is 0.0611. The molecule has 12 nitrogen and oxygen atoms in total. The number of ether oxygens (including phenoxy) is 2. The molecule has 0 spiro atoms. The van der Waals surface area contributed by atoms with E-state index in [0.717, 1.165) is 0 Å². The molecule has 39 heavy (non-hydrogen) atoms. The van der Waals surface area contributed by atoms with Gasteiger partial charge in [-0.05, 0) is 44.5 Å². The van der Waals surface area contributed by atoms with Crippen molar-refractivity contribution >= 4 is 37.0 Å². The van der Waals surface area contributed by atoms with Gasteiger partial charge in [0.15, 0.2) is 17.2 Å². The van der Waals surface area contributed by atoms with Gasteiger partial charge in [-0.3, -0.25) is 23.4 Å². The average Bonchev–Trinajstić information content (AvgIpc) is 3.10. The first-order valence-corrected chi connectivity index (χ1v) is 13.6. The van der Waals surface area contributed by atoms with E-state index in [1.807, 2.05) is 5.38 Å². The van der Waals surface area contributed by atoms with Crippen LogP contribution in [-0.2, 0) is 27.9 Å². The van der Waals surface area contributed by atoms with Gasteiger partial charge in [-0.1, -0.05) is 35.7 Å². The lowest BCUT2D eigenvalue weighted by Crippen LogP contribution is -2.44. The minimum Gasteiger partial charge on any atom is -0.461 e. The first-order chi connectivity index (χ1) is 18.3. The lowest BCUT2D eigenvalue weighted by atomic mass is 9.99. The Hall–Kier alpha value is -2.69. The SMILES string of the molecule is CC(C)OC(=O)[C@H](C)O[P@](=O)(OC[C@H]1OC(n2cc(F)c(=O)[nH]c2=O)C(Cl)(C#CCl)C1O)Oc1ccccc1. The maximum atomic E-state index is 14.0. The summed E-state index contributed by atoms with van der Waals surface area (Å²) in [6.07, 6.45) is -6.31. The molecule has 0 amide bonds. The van der Waals surface area contributed by atoms with Gasteiger partial charge in [0, 0.05) is 5.38 Å². The number of carbonyl (C=O) groups excluding carboxylic acids is 1. The van der Waals surface area contributed by atoms with Crippen molar-refractivity contribution in [3.63, 3.8) is 0 Å². The van der Waals surface area contributed by atoms with Gasteiger partial charge in [-0.25, -0.2) is 14.2 Å². The van der Waals surface area contributed by atoms with E-state index in [-0.39, 0.29) is 5.75 Å². The predicted molar refractivity (Wildman–Crippen MR) is 136 cm³/mol. The standard InChI is InChI=1S/C23H24Cl2FN2O10P/c1-13(2)35-20(31)14(3)37-39(33,38-15-7-5-4-6-8-15)34-12-17-18(29)23(25,9-10-24)21(36-17)28-11-16(26)19(30)27-22(28)32/h4-8,11,13-14,17-18,21,29H,12H2,1-3H3,(H,27,30,32)/t14-,17+,18?,21?,23?,39-/m0/s1. The molecule has 3 rings (SSSR count). The third kappa shape index (κ3) is 7.29. The number of hydrogen-bond donors (Lipinski definition) is 2. The number of nitrogens with zero attached hydrogens (tertiary/aromatic N) is 1. The van der Waals surface area contributed by atoms with Crippen molar-refractivity contribution in [2.45, 2.75) is 56.3 Å². The van der Waals surface area contributed by atoms with Gasteiger partial charge in [-0.15, -0.1) is 0 Å². The number of halogens is 3. The Labute approximate surface area is 231 Å². The molecular formula is C23H24Cl2FN2O10P. The molecule has 1 aromatic carbocycles. The maximum absolute atomic E-state index is 14.0. The molecule has 1 fully saturated rings. The number of aliphatic hydroxyl groups is 1. The van der Waals surface area contributed by atoms with Gasteiger partial charge in [0.25, 0.3) is 5.56 Å².